The first-order chi connectivity index (χ1) is 20.6. The summed E-state index contributed by atoms with van der Waals surface area (Å²) in [5.41, 5.74) is 9.17. The van der Waals surface area contributed by atoms with E-state index < -0.39 is 17.6 Å². The third-order valence-electron chi connectivity index (χ3n) is 7.28. The molecule has 3 amide bonds. The van der Waals surface area contributed by atoms with Gasteiger partial charge in [-0.05, 0) is 38.3 Å². The largest absolute Gasteiger partial charge is 0.444 e. The lowest BCUT2D eigenvalue weighted by molar-refractivity contribution is -0.118. The highest BCUT2D eigenvalue weighted by atomic mass is 16.6. The Morgan fingerprint density at radius 3 is 2.02 bits per heavy atom. The standard InChI is InChI=1S/C34H37N5O4/c1-34(2,3)43-33(42)37-19-20-38(27(22-37)21-24-13-7-4-8-14-24)32(41)31-29(25-15-9-5-10-16-25)30(26-17-11-6-12-18-26)36-39(31)23-28(35)40/h4-18,27H,19-23H2,1-3H3,(H2,35,40)/t27-/m1/s1. The molecule has 1 aliphatic rings. The quantitative estimate of drug-likeness (QED) is 0.331. The minimum absolute atomic E-state index is 0.255. The van der Waals surface area contributed by atoms with Crippen molar-refractivity contribution in [2.24, 2.45) is 5.73 Å². The summed E-state index contributed by atoms with van der Waals surface area (Å²) in [5, 5.41) is 4.79. The van der Waals surface area contributed by atoms with Crippen molar-refractivity contribution in [2.45, 2.75) is 45.4 Å². The molecule has 1 aliphatic heterocycles. The zero-order valence-corrected chi connectivity index (χ0v) is 24.8. The van der Waals surface area contributed by atoms with Crippen LogP contribution in [0.5, 0.6) is 0 Å². The van der Waals surface area contributed by atoms with Gasteiger partial charge in [-0.15, -0.1) is 0 Å². The fraction of sp³-hybridized carbons (Fsp3) is 0.294. The fourth-order valence-electron chi connectivity index (χ4n) is 5.43. The van der Waals surface area contributed by atoms with Crippen LogP contribution in [0, 0.1) is 0 Å². The van der Waals surface area contributed by atoms with Gasteiger partial charge in [-0.1, -0.05) is 91.0 Å². The third kappa shape index (κ3) is 6.94. The molecule has 2 N–H and O–H groups in total. The average molecular weight is 580 g/mol. The molecule has 1 aromatic heterocycles. The van der Waals surface area contributed by atoms with E-state index in [2.05, 4.69) is 0 Å². The van der Waals surface area contributed by atoms with Crippen LogP contribution in [0.4, 0.5) is 4.79 Å². The highest BCUT2D eigenvalue weighted by Gasteiger charge is 2.38. The van der Waals surface area contributed by atoms with Crippen molar-refractivity contribution in [2.75, 3.05) is 19.6 Å². The summed E-state index contributed by atoms with van der Waals surface area (Å²) < 4.78 is 7.09. The number of nitrogens with two attached hydrogens (primary N) is 1. The molecule has 1 fully saturated rings. The smallest absolute Gasteiger partial charge is 0.410 e. The lowest BCUT2D eigenvalue weighted by Gasteiger charge is -2.42. The number of benzene rings is 3. The Kier molecular flexibility index (Phi) is 8.61. The van der Waals surface area contributed by atoms with Gasteiger partial charge in [0, 0.05) is 30.8 Å². The van der Waals surface area contributed by atoms with Crippen LogP contribution in [0.1, 0.15) is 36.8 Å². The first-order valence-corrected chi connectivity index (χ1v) is 14.4. The van der Waals surface area contributed by atoms with E-state index in [1.54, 1.807) is 9.80 Å². The molecular weight excluding hydrogens is 542 g/mol. The second-order valence-electron chi connectivity index (χ2n) is 11.7. The van der Waals surface area contributed by atoms with Gasteiger partial charge in [0.1, 0.15) is 23.5 Å². The van der Waals surface area contributed by atoms with E-state index in [-0.39, 0.29) is 30.7 Å². The van der Waals surface area contributed by atoms with Crippen LogP contribution in [0.3, 0.4) is 0 Å². The van der Waals surface area contributed by atoms with Gasteiger partial charge < -0.3 is 20.3 Å². The third-order valence-corrected chi connectivity index (χ3v) is 7.28. The van der Waals surface area contributed by atoms with Gasteiger partial charge in [0.2, 0.25) is 5.91 Å². The maximum Gasteiger partial charge on any atom is 0.410 e. The number of carbonyl (C=O) groups is 3. The van der Waals surface area contributed by atoms with Crippen molar-refractivity contribution in [3.05, 3.63) is 102 Å². The van der Waals surface area contributed by atoms with Gasteiger partial charge in [-0.25, -0.2) is 9.48 Å². The molecule has 43 heavy (non-hydrogen) atoms. The molecule has 2 heterocycles. The van der Waals surface area contributed by atoms with Crippen LogP contribution in [0.2, 0.25) is 0 Å². The second kappa shape index (κ2) is 12.5. The number of nitrogens with zero attached hydrogens (tertiary/aromatic N) is 4. The second-order valence-corrected chi connectivity index (χ2v) is 11.7. The predicted molar refractivity (Wildman–Crippen MR) is 165 cm³/mol. The van der Waals surface area contributed by atoms with Crippen LogP contribution in [0.25, 0.3) is 22.4 Å². The number of carbonyl (C=O) groups excluding carboxylic acids is 3. The number of ether oxygens (including phenoxy) is 1. The number of hydrogen-bond acceptors (Lipinski definition) is 5. The molecule has 1 atom stereocenters. The Bertz CT molecular complexity index is 1580. The molecule has 3 aromatic carbocycles. The monoisotopic (exact) mass is 579 g/mol. The summed E-state index contributed by atoms with van der Waals surface area (Å²) in [4.78, 5) is 43.5. The molecule has 1 saturated heterocycles. The highest BCUT2D eigenvalue weighted by Crippen LogP contribution is 2.36. The van der Waals surface area contributed by atoms with Crippen molar-refractivity contribution in [3.8, 4) is 22.4 Å². The Balaban J connectivity index is 1.60. The van der Waals surface area contributed by atoms with Gasteiger partial charge in [-0.3, -0.25) is 9.59 Å². The minimum Gasteiger partial charge on any atom is -0.444 e. The number of piperazine rings is 1. The zero-order valence-electron chi connectivity index (χ0n) is 24.8. The molecule has 0 saturated carbocycles. The van der Waals surface area contributed by atoms with E-state index in [0.29, 0.717) is 30.8 Å². The van der Waals surface area contributed by atoms with Crippen molar-refractivity contribution < 1.29 is 19.1 Å². The maximum atomic E-state index is 14.7. The summed E-state index contributed by atoms with van der Waals surface area (Å²) in [6.07, 6.45) is 0.120. The molecule has 9 heteroatoms. The summed E-state index contributed by atoms with van der Waals surface area (Å²) >= 11 is 0. The predicted octanol–water partition coefficient (Wildman–Crippen LogP) is 5.01. The molecule has 0 unspecified atom stereocenters. The molecular formula is C34H37N5O4. The first kappa shape index (κ1) is 29.6. The Morgan fingerprint density at radius 2 is 1.44 bits per heavy atom. The van der Waals surface area contributed by atoms with Gasteiger partial charge in [0.05, 0.1) is 6.04 Å². The number of aromatic nitrogens is 2. The van der Waals surface area contributed by atoms with Crippen LogP contribution in [-0.2, 0) is 22.5 Å². The minimum atomic E-state index is -0.640. The normalized spacial score (nSPS) is 15.3. The Labute approximate surface area is 251 Å². The van der Waals surface area contributed by atoms with E-state index in [4.69, 9.17) is 15.6 Å². The highest BCUT2D eigenvalue weighted by molar-refractivity contribution is 6.03. The average Bonchev–Trinajstić information content (AvgIpc) is 3.35. The SMILES string of the molecule is CC(C)(C)OC(=O)N1CCN(C(=O)c2c(-c3ccccc3)c(-c3ccccc3)nn2CC(N)=O)[C@H](Cc2ccccc2)C1. The topological polar surface area (TPSA) is 111 Å². The number of primary amides is 1. The number of amides is 3. The molecule has 0 bridgehead atoms. The lowest BCUT2D eigenvalue weighted by Crippen LogP contribution is -2.58. The number of hydrogen-bond donors (Lipinski definition) is 1. The Hall–Kier alpha value is -4.92. The molecule has 0 spiro atoms. The Morgan fingerprint density at radius 1 is 0.860 bits per heavy atom. The summed E-state index contributed by atoms with van der Waals surface area (Å²) in [6.45, 7) is 6.14. The van der Waals surface area contributed by atoms with Crippen LogP contribution in [-0.4, -0.2) is 68.8 Å². The molecule has 9 nitrogen and oxygen atoms in total. The summed E-state index contributed by atoms with van der Waals surface area (Å²) in [6, 6.07) is 28.7. The van der Waals surface area contributed by atoms with E-state index in [1.165, 1.54) is 4.68 Å². The van der Waals surface area contributed by atoms with Gasteiger partial charge in [0.15, 0.2) is 0 Å². The van der Waals surface area contributed by atoms with Gasteiger partial charge in [0.25, 0.3) is 5.91 Å². The van der Waals surface area contributed by atoms with E-state index in [1.807, 2.05) is 112 Å². The number of rotatable bonds is 7. The first-order valence-electron chi connectivity index (χ1n) is 14.4. The lowest BCUT2D eigenvalue weighted by atomic mass is 9.97. The molecule has 0 radical (unpaired) electrons. The molecule has 5 rings (SSSR count). The fourth-order valence-corrected chi connectivity index (χ4v) is 5.43. The van der Waals surface area contributed by atoms with E-state index in [9.17, 15) is 14.4 Å². The maximum absolute atomic E-state index is 14.7. The summed E-state index contributed by atoms with van der Waals surface area (Å²) in [7, 11) is 0. The van der Waals surface area contributed by atoms with E-state index >= 15 is 0 Å². The van der Waals surface area contributed by atoms with Crippen molar-refractivity contribution in [3.63, 3.8) is 0 Å². The van der Waals surface area contributed by atoms with Crippen LogP contribution < -0.4 is 5.73 Å². The molecule has 0 aliphatic carbocycles. The molecule has 222 valence electrons. The van der Waals surface area contributed by atoms with Crippen molar-refractivity contribution in [1.29, 1.82) is 0 Å². The zero-order chi connectivity index (χ0) is 30.6. The van der Waals surface area contributed by atoms with Gasteiger partial charge >= 0.3 is 6.09 Å². The van der Waals surface area contributed by atoms with E-state index in [0.717, 1.165) is 16.7 Å². The summed E-state index contributed by atoms with van der Waals surface area (Å²) in [5.74, 6) is -0.883. The van der Waals surface area contributed by atoms with Crippen LogP contribution >= 0.6 is 0 Å². The molecule has 4 aromatic rings. The van der Waals surface area contributed by atoms with Crippen LogP contribution in [0.15, 0.2) is 91.0 Å². The van der Waals surface area contributed by atoms with Crippen molar-refractivity contribution in [1.82, 2.24) is 19.6 Å². The van der Waals surface area contributed by atoms with Gasteiger partial charge in [-0.2, -0.15) is 5.10 Å². The van der Waals surface area contributed by atoms with Crippen molar-refractivity contribution >= 4 is 17.9 Å².